The minimum Gasteiger partial charge on any atom is -0.397 e. The zero-order valence-electron chi connectivity index (χ0n) is 9.17. The van der Waals surface area contributed by atoms with Gasteiger partial charge >= 0.3 is 0 Å². The Hall–Kier alpha value is -2.42. The zero-order chi connectivity index (χ0) is 11.7. The summed E-state index contributed by atoms with van der Waals surface area (Å²) in [6.07, 6.45) is 3.54. The van der Waals surface area contributed by atoms with E-state index in [0.717, 1.165) is 22.2 Å². The fourth-order valence-corrected chi connectivity index (χ4v) is 1.94. The average molecular weight is 221 g/mol. The number of hydrogen-bond donors (Lipinski definition) is 1. The highest BCUT2D eigenvalue weighted by Crippen LogP contribution is 2.29. The van der Waals surface area contributed by atoms with Crippen molar-refractivity contribution in [1.82, 2.24) is 9.97 Å². The number of benzene rings is 1. The summed E-state index contributed by atoms with van der Waals surface area (Å²) in [4.78, 5) is 8.67. The molecular weight excluding hydrogens is 210 g/mol. The van der Waals surface area contributed by atoms with E-state index >= 15 is 0 Å². The van der Waals surface area contributed by atoms with Crippen molar-refractivity contribution in [1.29, 1.82) is 0 Å². The van der Waals surface area contributed by atoms with Crippen LogP contribution in [0.25, 0.3) is 22.2 Å². The van der Waals surface area contributed by atoms with E-state index < -0.39 is 0 Å². The van der Waals surface area contributed by atoms with Gasteiger partial charge in [-0.2, -0.15) is 0 Å². The molecule has 17 heavy (non-hydrogen) atoms. The molecule has 0 saturated carbocycles. The average Bonchev–Trinajstić information content (AvgIpc) is 2.41. The van der Waals surface area contributed by atoms with Crippen LogP contribution in [0, 0.1) is 0 Å². The number of nitrogens with zero attached hydrogens (tertiary/aromatic N) is 2. The molecule has 0 spiro atoms. The van der Waals surface area contributed by atoms with Crippen LogP contribution in [0.2, 0.25) is 0 Å². The van der Waals surface area contributed by atoms with Gasteiger partial charge in [-0.25, -0.2) is 0 Å². The molecule has 3 aromatic rings. The van der Waals surface area contributed by atoms with Crippen molar-refractivity contribution in [3.05, 3.63) is 54.9 Å². The molecule has 0 saturated heterocycles. The normalized spacial score (nSPS) is 10.6. The summed E-state index contributed by atoms with van der Waals surface area (Å²) >= 11 is 0. The first kappa shape index (κ1) is 9.78. The molecule has 0 radical (unpaired) electrons. The molecule has 3 rings (SSSR count). The topological polar surface area (TPSA) is 51.8 Å². The molecule has 3 heteroatoms. The van der Waals surface area contributed by atoms with Crippen LogP contribution < -0.4 is 5.73 Å². The van der Waals surface area contributed by atoms with Crippen LogP contribution in [0.1, 0.15) is 0 Å². The first-order valence-corrected chi connectivity index (χ1v) is 5.41. The van der Waals surface area contributed by atoms with E-state index in [-0.39, 0.29) is 0 Å². The third-order valence-corrected chi connectivity index (χ3v) is 2.74. The summed E-state index contributed by atoms with van der Waals surface area (Å²) in [6.45, 7) is 0. The summed E-state index contributed by atoms with van der Waals surface area (Å²) in [7, 11) is 0. The van der Waals surface area contributed by atoms with Crippen molar-refractivity contribution in [3.63, 3.8) is 0 Å². The number of anilines is 1. The van der Waals surface area contributed by atoms with Crippen LogP contribution >= 0.6 is 0 Å². The first-order valence-electron chi connectivity index (χ1n) is 5.41. The van der Waals surface area contributed by atoms with Crippen LogP contribution in [0.3, 0.4) is 0 Å². The summed E-state index contributed by atoms with van der Waals surface area (Å²) in [6, 6.07) is 13.7. The van der Waals surface area contributed by atoms with Gasteiger partial charge in [0.1, 0.15) is 0 Å². The number of hydrogen-bond acceptors (Lipinski definition) is 3. The molecule has 0 fully saturated rings. The number of nitrogens with two attached hydrogens (primary N) is 1. The highest BCUT2D eigenvalue weighted by Gasteiger charge is 2.06. The minimum absolute atomic E-state index is 0.695. The van der Waals surface area contributed by atoms with E-state index in [1.165, 1.54) is 0 Å². The molecule has 0 aliphatic rings. The maximum absolute atomic E-state index is 5.92. The monoisotopic (exact) mass is 221 g/mol. The second kappa shape index (κ2) is 3.87. The Morgan fingerprint density at radius 3 is 2.53 bits per heavy atom. The molecule has 0 aliphatic carbocycles. The Morgan fingerprint density at radius 2 is 1.71 bits per heavy atom. The fraction of sp³-hybridized carbons (Fsp3) is 0. The molecule has 0 unspecified atom stereocenters. The Balaban J connectivity index is 2.35. The van der Waals surface area contributed by atoms with Crippen molar-refractivity contribution >= 4 is 16.6 Å². The lowest BCUT2D eigenvalue weighted by atomic mass is 10.0. The van der Waals surface area contributed by atoms with E-state index in [9.17, 15) is 0 Å². The van der Waals surface area contributed by atoms with Crippen LogP contribution in [-0.4, -0.2) is 9.97 Å². The van der Waals surface area contributed by atoms with Crippen molar-refractivity contribution < 1.29 is 0 Å². The molecule has 2 heterocycles. The summed E-state index contributed by atoms with van der Waals surface area (Å²) in [5, 5.41) is 1.03. The highest BCUT2D eigenvalue weighted by molar-refractivity contribution is 5.99. The molecule has 0 aliphatic heterocycles. The molecule has 2 N–H and O–H groups in total. The Bertz CT molecular complexity index is 663. The number of pyridine rings is 2. The summed E-state index contributed by atoms with van der Waals surface area (Å²) in [5.74, 6) is 0. The second-order valence-corrected chi connectivity index (χ2v) is 3.82. The molecule has 1 aromatic carbocycles. The lowest BCUT2D eigenvalue weighted by molar-refractivity contribution is 1.33. The quantitative estimate of drug-likeness (QED) is 0.643. The van der Waals surface area contributed by atoms with Gasteiger partial charge in [0.25, 0.3) is 0 Å². The minimum atomic E-state index is 0.695. The molecule has 2 aromatic heterocycles. The fourth-order valence-electron chi connectivity index (χ4n) is 1.94. The third-order valence-electron chi connectivity index (χ3n) is 2.74. The lowest BCUT2D eigenvalue weighted by Crippen LogP contribution is -1.92. The van der Waals surface area contributed by atoms with E-state index in [2.05, 4.69) is 9.97 Å². The first-order chi connectivity index (χ1) is 8.36. The van der Waals surface area contributed by atoms with Gasteiger partial charge in [0.15, 0.2) is 0 Å². The highest BCUT2D eigenvalue weighted by atomic mass is 14.7. The van der Waals surface area contributed by atoms with Crippen LogP contribution in [0.4, 0.5) is 5.69 Å². The van der Waals surface area contributed by atoms with Gasteiger partial charge in [-0.05, 0) is 24.3 Å². The van der Waals surface area contributed by atoms with Crippen molar-refractivity contribution in [2.45, 2.75) is 0 Å². The van der Waals surface area contributed by atoms with E-state index in [4.69, 9.17) is 5.73 Å². The van der Waals surface area contributed by atoms with Crippen LogP contribution in [-0.2, 0) is 0 Å². The molecule has 0 amide bonds. The predicted molar refractivity (Wildman–Crippen MR) is 69.4 cm³/mol. The lowest BCUT2D eigenvalue weighted by Gasteiger charge is -2.07. The summed E-state index contributed by atoms with van der Waals surface area (Å²) < 4.78 is 0. The molecule has 0 atom stereocenters. The van der Waals surface area contributed by atoms with Crippen molar-refractivity contribution in [2.24, 2.45) is 0 Å². The largest absolute Gasteiger partial charge is 0.397 e. The van der Waals surface area contributed by atoms with Crippen molar-refractivity contribution in [3.8, 4) is 11.3 Å². The predicted octanol–water partition coefficient (Wildman–Crippen LogP) is 2.88. The van der Waals surface area contributed by atoms with Gasteiger partial charge in [0.05, 0.1) is 16.9 Å². The zero-order valence-corrected chi connectivity index (χ0v) is 9.17. The van der Waals surface area contributed by atoms with Crippen molar-refractivity contribution in [2.75, 3.05) is 5.73 Å². The molecule has 82 valence electrons. The SMILES string of the molecule is Nc1ccc(-c2ccccn2)c2cccnc12. The van der Waals surface area contributed by atoms with E-state index in [0.29, 0.717) is 5.69 Å². The second-order valence-electron chi connectivity index (χ2n) is 3.82. The Kier molecular flexibility index (Phi) is 2.22. The maximum atomic E-state index is 5.92. The van der Waals surface area contributed by atoms with Gasteiger partial charge in [0.2, 0.25) is 0 Å². The van der Waals surface area contributed by atoms with E-state index in [1.807, 2.05) is 42.5 Å². The van der Waals surface area contributed by atoms with Gasteiger partial charge in [0, 0.05) is 23.3 Å². The molecule has 0 bridgehead atoms. The third kappa shape index (κ3) is 1.61. The number of nitrogen functional groups attached to an aromatic ring is 1. The van der Waals surface area contributed by atoms with Gasteiger partial charge in [-0.15, -0.1) is 0 Å². The Labute approximate surface area is 98.9 Å². The van der Waals surface area contributed by atoms with Crippen LogP contribution in [0.15, 0.2) is 54.9 Å². The number of aromatic nitrogens is 2. The van der Waals surface area contributed by atoms with Gasteiger partial charge < -0.3 is 5.73 Å². The van der Waals surface area contributed by atoms with Gasteiger partial charge in [-0.1, -0.05) is 18.2 Å². The molecular formula is C14H11N3. The maximum Gasteiger partial charge on any atom is 0.0937 e. The molecule has 3 nitrogen and oxygen atoms in total. The van der Waals surface area contributed by atoms with Crippen LogP contribution in [0.5, 0.6) is 0 Å². The smallest absolute Gasteiger partial charge is 0.0937 e. The summed E-state index contributed by atoms with van der Waals surface area (Å²) in [5.41, 5.74) is 9.44. The Morgan fingerprint density at radius 1 is 0.824 bits per heavy atom. The number of rotatable bonds is 1. The standard InChI is InChI=1S/C14H11N3/c15-12-7-6-10(13-5-1-2-8-16-13)11-4-3-9-17-14(11)12/h1-9H,15H2. The van der Waals surface area contributed by atoms with E-state index in [1.54, 1.807) is 12.4 Å². The van der Waals surface area contributed by atoms with Gasteiger partial charge in [-0.3, -0.25) is 9.97 Å². The number of fused-ring (bicyclic) bond motifs is 1.